The van der Waals surface area contributed by atoms with Gasteiger partial charge in [0.05, 0.1) is 12.6 Å². The van der Waals surface area contributed by atoms with Crippen molar-refractivity contribution in [3.05, 3.63) is 50.1 Å². The molecule has 0 saturated heterocycles. The van der Waals surface area contributed by atoms with Crippen LogP contribution in [-0.2, 0) is 0 Å². The monoisotopic (exact) mass is 355 g/mol. The van der Waals surface area contributed by atoms with Gasteiger partial charge in [0.2, 0.25) is 0 Å². The van der Waals surface area contributed by atoms with Crippen molar-refractivity contribution < 1.29 is 0 Å². The molecule has 0 saturated carbocycles. The minimum absolute atomic E-state index is 0.164. The molecule has 1 atom stereocenters. The highest BCUT2D eigenvalue weighted by atomic mass is 79.9. The Labute approximate surface area is 128 Å². The fourth-order valence-corrected chi connectivity index (χ4v) is 3.78. The van der Waals surface area contributed by atoms with Gasteiger partial charge >= 0.3 is 0 Å². The molecule has 1 aliphatic heterocycles. The van der Waals surface area contributed by atoms with Crippen LogP contribution in [0.2, 0.25) is 5.02 Å². The molecule has 0 spiro atoms. The minimum Gasteiger partial charge on any atom is -0.369 e. The van der Waals surface area contributed by atoms with Gasteiger partial charge in [0.15, 0.2) is 5.96 Å². The van der Waals surface area contributed by atoms with Gasteiger partial charge in [-0.1, -0.05) is 11.6 Å². The third-order valence-corrected chi connectivity index (χ3v) is 5.05. The van der Waals surface area contributed by atoms with Crippen LogP contribution in [0.4, 0.5) is 5.69 Å². The molecule has 98 valence electrons. The van der Waals surface area contributed by atoms with E-state index in [-0.39, 0.29) is 6.04 Å². The van der Waals surface area contributed by atoms with Crippen LogP contribution in [0, 0.1) is 0 Å². The Morgan fingerprint density at radius 2 is 2.11 bits per heavy atom. The first-order valence-corrected chi connectivity index (χ1v) is 7.79. The summed E-state index contributed by atoms with van der Waals surface area (Å²) in [6.45, 7) is 0.682. The van der Waals surface area contributed by atoms with Crippen LogP contribution in [0.15, 0.2) is 45.2 Å². The van der Waals surface area contributed by atoms with E-state index in [4.69, 9.17) is 17.3 Å². The molecule has 6 heteroatoms. The molecule has 1 aliphatic rings. The summed E-state index contributed by atoms with van der Waals surface area (Å²) in [4.78, 5) is 7.65. The number of anilines is 1. The van der Waals surface area contributed by atoms with Crippen LogP contribution in [-0.4, -0.2) is 12.5 Å². The molecule has 2 N–H and O–H groups in total. The van der Waals surface area contributed by atoms with Gasteiger partial charge in [-0.15, -0.1) is 11.3 Å². The molecule has 0 aliphatic carbocycles. The maximum Gasteiger partial charge on any atom is 0.196 e. The second-order valence-corrected chi connectivity index (χ2v) is 6.52. The van der Waals surface area contributed by atoms with Gasteiger partial charge in [-0.25, -0.2) is 0 Å². The molecular weight excluding hydrogens is 346 g/mol. The Hall–Kier alpha value is -1.04. The fourth-order valence-electron chi connectivity index (χ4n) is 2.13. The van der Waals surface area contributed by atoms with Crippen molar-refractivity contribution in [3.63, 3.8) is 0 Å². The Morgan fingerprint density at radius 1 is 1.37 bits per heavy atom. The van der Waals surface area contributed by atoms with E-state index in [1.807, 2.05) is 24.3 Å². The van der Waals surface area contributed by atoms with Crippen LogP contribution in [0.3, 0.4) is 0 Å². The molecule has 0 bridgehead atoms. The molecule has 2 heterocycles. The van der Waals surface area contributed by atoms with Gasteiger partial charge in [-0.3, -0.25) is 4.99 Å². The first kappa shape index (κ1) is 13.0. The SMILES string of the molecule is NC1=NCC(c2cc(Br)cs2)N1c1ccc(Cl)cc1. The molecule has 1 unspecified atom stereocenters. The van der Waals surface area contributed by atoms with Crippen LogP contribution < -0.4 is 10.6 Å². The maximum atomic E-state index is 6.02. The van der Waals surface area contributed by atoms with Gasteiger partial charge in [-0.2, -0.15) is 0 Å². The highest BCUT2D eigenvalue weighted by molar-refractivity contribution is 9.10. The van der Waals surface area contributed by atoms with Crippen molar-refractivity contribution in [2.75, 3.05) is 11.4 Å². The van der Waals surface area contributed by atoms with Crippen molar-refractivity contribution in [3.8, 4) is 0 Å². The smallest absolute Gasteiger partial charge is 0.196 e. The second-order valence-electron chi connectivity index (χ2n) is 4.23. The van der Waals surface area contributed by atoms with Crippen molar-refractivity contribution in [2.24, 2.45) is 10.7 Å². The van der Waals surface area contributed by atoms with E-state index >= 15 is 0 Å². The maximum absolute atomic E-state index is 6.02. The topological polar surface area (TPSA) is 41.6 Å². The number of aliphatic imine (C=N–C) groups is 1. The predicted octanol–water partition coefficient (Wildman–Crippen LogP) is 4.04. The van der Waals surface area contributed by atoms with Crippen molar-refractivity contribution in [1.29, 1.82) is 0 Å². The number of nitrogens with zero attached hydrogens (tertiary/aromatic N) is 2. The van der Waals surface area contributed by atoms with Gasteiger partial charge in [0.1, 0.15) is 0 Å². The number of halogens is 2. The van der Waals surface area contributed by atoms with Crippen LogP contribution in [0.25, 0.3) is 0 Å². The summed E-state index contributed by atoms with van der Waals surface area (Å²) in [5.41, 5.74) is 7.03. The summed E-state index contributed by atoms with van der Waals surface area (Å²) in [7, 11) is 0. The van der Waals surface area contributed by atoms with E-state index in [9.17, 15) is 0 Å². The Bertz CT molecular complexity index is 623. The quantitative estimate of drug-likeness (QED) is 0.882. The molecule has 3 nitrogen and oxygen atoms in total. The van der Waals surface area contributed by atoms with E-state index in [2.05, 4.69) is 37.3 Å². The zero-order valence-electron chi connectivity index (χ0n) is 9.88. The van der Waals surface area contributed by atoms with Gasteiger partial charge < -0.3 is 10.6 Å². The summed E-state index contributed by atoms with van der Waals surface area (Å²) < 4.78 is 1.09. The molecule has 1 aromatic carbocycles. The van der Waals surface area contributed by atoms with Gasteiger partial charge in [-0.05, 0) is 46.3 Å². The number of rotatable bonds is 2. The summed E-state index contributed by atoms with van der Waals surface area (Å²) in [5.74, 6) is 0.553. The zero-order chi connectivity index (χ0) is 13.4. The molecule has 2 aromatic rings. The molecular formula is C13H11BrClN3S. The zero-order valence-corrected chi connectivity index (χ0v) is 13.0. The van der Waals surface area contributed by atoms with Crippen LogP contribution in [0.1, 0.15) is 10.9 Å². The third kappa shape index (κ3) is 2.50. The summed E-state index contributed by atoms with van der Waals surface area (Å²) >= 11 is 11.1. The fraction of sp³-hybridized carbons (Fsp3) is 0.154. The lowest BCUT2D eigenvalue weighted by Gasteiger charge is -2.25. The number of hydrogen-bond donors (Lipinski definition) is 1. The first-order valence-electron chi connectivity index (χ1n) is 5.74. The predicted molar refractivity (Wildman–Crippen MR) is 85.2 cm³/mol. The van der Waals surface area contributed by atoms with Crippen molar-refractivity contribution >= 4 is 50.5 Å². The molecule has 1 aromatic heterocycles. The third-order valence-electron chi connectivity index (χ3n) is 3.01. The number of benzene rings is 1. The van der Waals surface area contributed by atoms with E-state index < -0.39 is 0 Å². The Balaban J connectivity index is 1.96. The molecule has 19 heavy (non-hydrogen) atoms. The highest BCUT2D eigenvalue weighted by Crippen LogP contribution is 2.35. The van der Waals surface area contributed by atoms with Crippen molar-refractivity contribution in [1.82, 2.24) is 0 Å². The van der Waals surface area contributed by atoms with Crippen molar-refractivity contribution in [2.45, 2.75) is 6.04 Å². The molecule has 0 fully saturated rings. The minimum atomic E-state index is 0.164. The summed E-state index contributed by atoms with van der Waals surface area (Å²) in [5, 5.41) is 2.79. The highest BCUT2D eigenvalue weighted by Gasteiger charge is 2.29. The molecule has 0 radical (unpaired) electrons. The normalized spacial score (nSPS) is 18.7. The largest absolute Gasteiger partial charge is 0.369 e. The van der Waals surface area contributed by atoms with Crippen LogP contribution in [0.5, 0.6) is 0 Å². The number of nitrogens with two attached hydrogens (primary N) is 1. The van der Waals surface area contributed by atoms with Crippen LogP contribution >= 0.6 is 38.9 Å². The lowest BCUT2D eigenvalue weighted by atomic mass is 10.2. The second kappa shape index (κ2) is 5.15. The standard InChI is InChI=1S/C13H11BrClN3S/c14-8-5-12(19-7-8)11-6-17-13(16)18(11)10-3-1-9(15)2-4-10/h1-5,7,11H,6H2,(H2,16,17). The number of guanidine groups is 1. The Kier molecular flexibility index (Phi) is 3.52. The average Bonchev–Trinajstić information content (AvgIpc) is 2.97. The molecule has 3 rings (SSSR count). The van der Waals surface area contributed by atoms with E-state index in [0.717, 1.165) is 10.2 Å². The van der Waals surface area contributed by atoms with E-state index in [1.54, 1.807) is 11.3 Å². The lowest BCUT2D eigenvalue weighted by Crippen LogP contribution is -2.35. The average molecular weight is 357 g/mol. The van der Waals surface area contributed by atoms with E-state index in [1.165, 1.54) is 4.88 Å². The summed E-state index contributed by atoms with van der Waals surface area (Å²) in [6, 6.07) is 9.94. The number of thiophene rings is 1. The summed E-state index contributed by atoms with van der Waals surface area (Å²) in [6.07, 6.45) is 0. The first-order chi connectivity index (χ1) is 9.15. The van der Waals surface area contributed by atoms with E-state index in [0.29, 0.717) is 17.5 Å². The number of hydrogen-bond acceptors (Lipinski definition) is 4. The van der Waals surface area contributed by atoms with Gasteiger partial charge in [0.25, 0.3) is 0 Å². The molecule has 0 amide bonds. The van der Waals surface area contributed by atoms with Gasteiger partial charge in [0, 0.05) is 25.4 Å². The lowest BCUT2D eigenvalue weighted by molar-refractivity contribution is 0.784. The Morgan fingerprint density at radius 3 is 2.74 bits per heavy atom.